The minimum atomic E-state index is -0.487. The number of thioether (sulfide) groups is 1. The standard InChI is InChI=1S/C20H30N2O3S/c1-25-18-11-7-6-10-16(18)19(23)21-17(12-15-26-2)20(24)22-13-8-4-3-5-9-14-22/h6-7,10-11,17H,3-5,8-9,12-15H2,1-2H3,(H,21,23). The maximum Gasteiger partial charge on any atom is 0.255 e. The molecule has 1 atom stereocenters. The summed E-state index contributed by atoms with van der Waals surface area (Å²) >= 11 is 1.69. The van der Waals surface area contributed by atoms with Crippen LogP contribution in [-0.2, 0) is 4.79 Å². The molecule has 0 spiro atoms. The maximum atomic E-state index is 13.1. The molecule has 0 bridgehead atoms. The van der Waals surface area contributed by atoms with Crippen LogP contribution in [-0.4, -0.2) is 55.0 Å². The van der Waals surface area contributed by atoms with Gasteiger partial charge in [-0.3, -0.25) is 9.59 Å². The van der Waals surface area contributed by atoms with E-state index >= 15 is 0 Å². The van der Waals surface area contributed by atoms with Gasteiger partial charge >= 0.3 is 0 Å². The molecule has 1 fully saturated rings. The Bertz CT molecular complexity index is 586. The van der Waals surface area contributed by atoms with Crippen LogP contribution >= 0.6 is 11.8 Å². The van der Waals surface area contributed by atoms with Gasteiger partial charge in [0, 0.05) is 13.1 Å². The summed E-state index contributed by atoms with van der Waals surface area (Å²) in [5, 5.41) is 2.95. The van der Waals surface area contributed by atoms with Crippen molar-refractivity contribution in [1.29, 1.82) is 0 Å². The number of carbonyl (C=O) groups is 2. The number of ether oxygens (including phenoxy) is 1. The molecule has 1 saturated heterocycles. The van der Waals surface area contributed by atoms with Crippen LogP contribution in [0.2, 0.25) is 0 Å². The number of nitrogens with zero attached hydrogens (tertiary/aromatic N) is 1. The lowest BCUT2D eigenvalue weighted by molar-refractivity contribution is -0.133. The molecular formula is C20H30N2O3S. The molecule has 0 radical (unpaired) electrons. The Balaban J connectivity index is 2.09. The normalized spacial score (nSPS) is 16.3. The van der Waals surface area contributed by atoms with Crippen molar-refractivity contribution in [1.82, 2.24) is 10.2 Å². The Labute approximate surface area is 160 Å². The molecule has 0 aromatic heterocycles. The van der Waals surface area contributed by atoms with Gasteiger partial charge in [0.1, 0.15) is 11.8 Å². The van der Waals surface area contributed by atoms with Crippen molar-refractivity contribution in [3.05, 3.63) is 29.8 Å². The van der Waals surface area contributed by atoms with Crippen molar-refractivity contribution in [2.45, 2.75) is 44.6 Å². The smallest absolute Gasteiger partial charge is 0.255 e. The first-order valence-corrected chi connectivity index (χ1v) is 10.8. The van der Waals surface area contributed by atoms with Crippen LogP contribution in [0, 0.1) is 0 Å². The zero-order valence-corrected chi connectivity index (χ0v) is 16.6. The summed E-state index contributed by atoms with van der Waals surface area (Å²) in [6, 6.07) is 6.62. The van der Waals surface area contributed by atoms with Gasteiger partial charge in [-0.15, -0.1) is 0 Å². The van der Waals surface area contributed by atoms with E-state index in [4.69, 9.17) is 4.74 Å². The molecule has 0 aliphatic carbocycles. The number of rotatable bonds is 7. The largest absolute Gasteiger partial charge is 0.496 e. The second kappa shape index (κ2) is 11.1. The van der Waals surface area contributed by atoms with E-state index < -0.39 is 6.04 Å². The van der Waals surface area contributed by atoms with Gasteiger partial charge in [0.2, 0.25) is 5.91 Å². The predicted molar refractivity (Wildman–Crippen MR) is 107 cm³/mol. The van der Waals surface area contributed by atoms with Crippen molar-refractivity contribution < 1.29 is 14.3 Å². The molecule has 5 nitrogen and oxygen atoms in total. The Kier molecular flexibility index (Phi) is 8.81. The fraction of sp³-hybridized carbons (Fsp3) is 0.600. The van der Waals surface area contributed by atoms with Crippen molar-refractivity contribution in [2.24, 2.45) is 0 Å². The van der Waals surface area contributed by atoms with E-state index in [1.807, 2.05) is 17.2 Å². The number of benzene rings is 1. The van der Waals surface area contributed by atoms with Crippen molar-refractivity contribution in [2.75, 3.05) is 32.2 Å². The summed E-state index contributed by atoms with van der Waals surface area (Å²) in [5.74, 6) is 1.14. The minimum absolute atomic E-state index is 0.0456. The molecule has 144 valence electrons. The van der Waals surface area contributed by atoms with Gasteiger partial charge in [0.05, 0.1) is 12.7 Å². The fourth-order valence-corrected chi connectivity index (χ4v) is 3.72. The summed E-state index contributed by atoms with van der Waals surface area (Å²) in [6.07, 6.45) is 8.34. The van der Waals surface area contributed by atoms with Crippen LogP contribution in [0.25, 0.3) is 0 Å². The first kappa shape index (κ1) is 20.6. The van der Waals surface area contributed by atoms with Crippen molar-refractivity contribution in [3.63, 3.8) is 0 Å². The van der Waals surface area contributed by atoms with E-state index in [0.717, 1.165) is 31.7 Å². The molecule has 6 heteroatoms. The highest BCUT2D eigenvalue weighted by molar-refractivity contribution is 7.98. The number of hydrogen-bond acceptors (Lipinski definition) is 4. The topological polar surface area (TPSA) is 58.6 Å². The third kappa shape index (κ3) is 5.94. The third-order valence-electron chi connectivity index (χ3n) is 4.73. The van der Waals surface area contributed by atoms with E-state index in [2.05, 4.69) is 5.32 Å². The van der Waals surface area contributed by atoms with E-state index in [0.29, 0.717) is 17.7 Å². The average Bonchev–Trinajstić information content (AvgIpc) is 2.64. The summed E-state index contributed by atoms with van der Waals surface area (Å²) in [6.45, 7) is 1.58. The fourth-order valence-electron chi connectivity index (χ4n) is 3.25. The maximum absolute atomic E-state index is 13.1. The van der Waals surface area contributed by atoms with E-state index in [1.165, 1.54) is 19.3 Å². The molecule has 2 amide bonds. The van der Waals surface area contributed by atoms with Crippen molar-refractivity contribution >= 4 is 23.6 Å². The number of likely N-dealkylation sites (tertiary alicyclic amines) is 1. The van der Waals surface area contributed by atoms with Gasteiger partial charge in [-0.2, -0.15) is 11.8 Å². The van der Waals surface area contributed by atoms with Gasteiger partial charge in [-0.1, -0.05) is 31.4 Å². The number of para-hydroxylation sites is 1. The number of carbonyl (C=O) groups excluding carboxylic acids is 2. The van der Waals surface area contributed by atoms with Gasteiger partial charge in [-0.05, 0) is 43.4 Å². The Morgan fingerprint density at radius 1 is 1.15 bits per heavy atom. The first-order valence-electron chi connectivity index (χ1n) is 9.39. The van der Waals surface area contributed by atoms with E-state index in [1.54, 1.807) is 37.1 Å². The van der Waals surface area contributed by atoms with Gasteiger partial charge < -0.3 is 15.0 Å². The van der Waals surface area contributed by atoms with Crippen LogP contribution in [0.15, 0.2) is 24.3 Å². The first-order chi connectivity index (χ1) is 12.7. The van der Waals surface area contributed by atoms with Gasteiger partial charge in [-0.25, -0.2) is 0 Å². The Morgan fingerprint density at radius 2 is 1.81 bits per heavy atom. The number of methoxy groups -OCH3 is 1. The highest BCUT2D eigenvalue weighted by atomic mass is 32.2. The Hall–Kier alpha value is -1.69. The lowest BCUT2D eigenvalue weighted by atomic mass is 10.1. The monoisotopic (exact) mass is 378 g/mol. The average molecular weight is 379 g/mol. The Morgan fingerprint density at radius 3 is 2.46 bits per heavy atom. The number of amides is 2. The molecule has 1 unspecified atom stereocenters. The summed E-state index contributed by atoms with van der Waals surface area (Å²) in [7, 11) is 1.54. The third-order valence-corrected chi connectivity index (χ3v) is 5.38. The second-order valence-electron chi connectivity index (χ2n) is 6.60. The van der Waals surface area contributed by atoms with Crippen LogP contribution < -0.4 is 10.1 Å². The molecule has 1 N–H and O–H groups in total. The lowest BCUT2D eigenvalue weighted by Gasteiger charge is -2.29. The second-order valence-corrected chi connectivity index (χ2v) is 7.59. The van der Waals surface area contributed by atoms with Crippen LogP contribution in [0.5, 0.6) is 5.75 Å². The molecular weight excluding hydrogens is 348 g/mol. The lowest BCUT2D eigenvalue weighted by Crippen LogP contribution is -2.49. The van der Waals surface area contributed by atoms with Crippen LogP contribution in [0.4, 0.5) is 0 Å². The summed E-state index contributed by atoms with van der Waals surface area (Å²) in [5.41, 5.74) is 0.463. The minimum Gasteiger partial charge on any atom is -0.496 e. The quantitative estimate of drug-likeness (QED) is 0.791. The zero-order valence-electron chi connectivity index (χ0n) is 15.8. The molecule has 1 heterocycles. The molecule has 0 saturated carbocycles. The highest BCUT2D eigenvalue weighted by Gasteiger charge is 2.27. The molecule has 1 aromatic rings. The SMILES string of the molecule is COc1ccccc1C(=O)NC(CCSC)C(=O)N1CCCCCCC1. The van der Waals surface area contributed by atoms with Crippen LogP contribution in [0.1, 0.15) is 48.9 Å². The molecule has 1 aliphatic rings. The summed E-state index contributed by atoms with van der Waals surface area (Å²) in [4.78, 5) is 27.7. The number of nitrogens with one attached hydrogen (secondary N) is 1. The summed E-state index contributed by atoms with van der Waals surface area (Å²) < 4.78 is 5.28. The van der Waals surface area contributed by atoms with Crippen LogP contribution in [0.3, 0.4) is 0 Å². The predicted octanol–water partition coefficient (Wildman–Crippen LogP) is 3.34. The molecule has 1 aliphatic heterocycles. The van der Waals surface area contributed by atoms with E-state index in [-0.39, 0.29) is 11.8 Å². The molecule has 26 heavy (non-hydrogen) atoms. The molecule has 1 aromatic carbocycles. The van der Waals surface area contributed by atoms with Gasteiger partial charge in [0.25, 0.3) is 5.91 Å². The number of hydrogen-bond donors (Lipinski definition) is 1. The van der Waals surface area contributed by atoms with Gasteiger partial charge in [0.15, 0.2) is 0 Å². The highest BCUT2D eigenvalue weighted by Crippen LogP contribution is 2.18. The zero-order chi connectivity index (χ0) is 18.8. The van der Waals surface area contributed by atoms with Crippen molar-refractivity contribution in [3.8, 4) is 5.75 Å². The van der Waals surface area contributed by atoms with E-state index in [9.17, 15) is 9.59 Å². The molecule has 2 rings (SSSR count).